The van der Waals surface area contributed by atoms with Crippen LogP contribution in [0.5, 0.6) is 11.5 Å². The molecule has 0 aliphatic heterocycles. The van der Waals surface area contributed by atoms with Crippen LogP contribution in [0.3, 0.4) is 0 Å². The molecule has 2 rings (SSSR count). The average molecular weight is 316 g/mol. The molecular formula is C14H12N4O3S. The summed E-state index contributed by atoms with van der Waals surface area (Å²) >= 11 is 4.64. The summed E-state index contributed by atoms with van der Waals surface area (Å²) in [6, 6.07) is 13.1. The zero-order valence-corrected chi connectivity index (χ0v) is 12.1. The van der Waals surface area contributed by atoms with Crippen molar-refractivity contribution in [2.45, 2.75) is 0 Å². The minimum Gasteiger partial charge on any atom is -0.449 e. The molecule has 0 aliphatic carbocycles. The predicted molar refractivity (Wildman–Crippen MR) is 87.1 cm³/mol. The van der Waals surface area contributed by atoms with Crippen molar-refractivity contribution in [3.63, 3.8) is 0 Å². The van der Waals surface area contributed by atoms with Crippen LogP contribution < -0.4 is 15.9 Å². The largest absolute Gasteiger partial charge is 0.449 e. The van der Waals surface area contributed by atoms with Crippen molar-refractivity contribution in [2.75, 3.05) is 0 Å². The maximum absolute atomic E-state index is 11.0. The summed E-state index contributed by atoms with van der Waals surface area (Å²) in [6.07, 6.45) is 1.46. The number of nitrogens with one attached hydrogen (secondary N) is 1. The highest BCUT2D eigenvalue weighted by molar-refractivity contribution is 7.80. The second-order valence-electron chi connectivity index (χ2n) is 4.10. The Hall–Kier alpha value is -3.00. The van der Waals surface area contributed by atoms with Crippen LogP contribution in [0.2, 0.25) is 0 Å². The Balaban J connectivity index is 2.29. The van der Waals surface area contributed by atoms with E-state index in [1.165, 1.54) is 18.3 Å². The van der Waals surface area contributed by atoms with Crippen LogP contribution >= 0.6 is 12.2 Å². The molecule has 0 fully saturated rings. The predicted octanol–water partition coefficient (Wildman–Crippen LogP) is 2.55. The van der Waals surface area contributed by atoms with E-state index >= 15 is 0 Å². The fraction of sp³-hybridized carbons (Fsp3) is 0. The van der Waals surface area contributed by atoms with Gasteiger partial charge in [-0.15, -0.1) is 0 Å². The summed E-state index contributed by atoms with van der Waals surface area (Å²) in [5, 5.41) is 14.9. The van der Waals surface area contributed by atoms with E-state index in [0.29, 0.717) is 11.3 Å². The van der Waals surface area contributed by atoms with Gasteiger partial charge in [0.25, 0.3) is 0 Å². The fourth-order valence-electron chi connectivity index (χ4n) is 1.66. The molecule has 0 saturated carbocycles. The van der Waals surface area contributed by atoms with Crippen LogP contribution in [-0.4, -0.2) is 16.3 Å². The summed E-state index contributed by atoms with van der Waals surface area (Å²) in [5.41, 5.74) is 8.20. The number of ether oxygens (including phenoxy) is 1. The van der Waals surface area contributed by atoms with Gasteiger partial charge in [-0.2, -0.15) is 5.10 Å². The Morgan fingerprint density at radius 2 is 1.86 bits per heavy atom. The molecule has 0 spiro atoms. The highest BCUT2D eigenvalue weighted by Gasteiger charge is 2.15. The number of hydrogen-bond acceptors (Lipinski definition) is 5. The van der Waals surface area contributed by atoms with Crippen molar-refractivity contribution < 1.29 is 9.66 Å². The van der Waals surface area contributed by atoms with Crippen LogP contribution in [0.1, 0.15) is 5.56 Å². The van der Waals surface area contributed by atoms with E-state index < -0.39 is 4.92 Å². The first kappa shape index (κ1) is 15.4. The van der Waals surface area contributed by atoms with Gasteiger partial charge in [-0.05, 0) is 30.4 Å². The maximum atomic E-state index is 11.0. The Bertz CT molecular complexity index is 734. The molecule has 112 valence electrons. The molecular weight excluding hydrogens is 304 g/mol. The molecule has 22 heavy (non-hydrogen) atoms. The minimum atomic E-state index is -0.500. The summed E-state index contributed by atoms with van der Waals surface area (Å²) in [7, 11) is 0. The van der Waals surface area contributed by atoms with Gasteiger partial charge in [-0.1, -0.05) is 24.3 Å². The Morgan fingerprint density at radius 3 is 2.55 bits per heavy atom. The standard InChI is InChI=1S/C14H12N4O3S/c15-14(22)17-16-9-10-5-1-3-7-12(10)21-13-8-4-2-6-11(13)18(19)20/h1-9H,(H3,15,17,22). The van der Waals surface area contributed by atoms with Gasteiger partial charge in [0, 0.05) is 11.6 Å². The number of thiocarbonyl (C=S) groups is 1. The number of nitro benzene ring substituents is 1. The third-order valence-corrected chi connectivity index (χ3v) is 2.67. The van der Waals surface area contributed by atoms with Crippen molar-refractivity contribution >= 4 is 29.2 Å². The zero-order chi connectivity index (χ0) is 15.9. The summed E-state index contributed by atoms with van der Waals surface area (Å²) in [4.78, 5) is 10.5. The van der Waals surface area contributed by atoms with E-state index in [4.69, 9.17) is 10.5 Å². The third-order valence-electron chi connectivity index (χ3n) is 2.58. The normalized spacial score (nSPS) is 10.4. The Labute approximate surface area is 131 Å². The number of benzene rings is 2. The van der Waals surface area contributed by atoms with Crippen LogP contribution in [0.25, 0.3) is 0 Å². The van der Waals surface area contributed by atoms with Crippen molar-refractivity contribution in [2.24, 2.45) is 10.8 Å². The Kier molecular flexibility index (Phi) is 4.99. The molecule has 2 aromatic carbocycles. The second-order valence-corrected chi connectivity index (χ2v) is 4.54. The Morgan fingerprint density at radius 1 is 1.23 bits per heavy atom. The van der Waals surface area contributed by atoms with Crippen LogP contribution in [0.4, 0.5) is 5.69 Å². The molecule has 0 radical (unpaired) electrons. The smallest absolute Gasteiger partial charge is 0.311 e. The minimum absolute atomic E-state index is 0.0355. The summed E-state index contributed by atoms with van der Waals surface area (Å²) in [6.45, 7) is 0. The number of para-hydroxylation sites is 3. The number of nitrogens with zero attached hydrogens (tertiary/aromatic N) is 2. The van der Waals surface area contributed by atoms with Gasteiger partial charge in [0.1, 0.15) is 5.75 Å². The summed E-state index contributed by atoms with van der Waals surface area (Å²) in [5.74, 6) is 0.570. The van der Waals surface area contributed by atoms with Gasteiger partial charge in [0.05, 0.1) is 11.1 Å². The van der Waals surface area contributed by atoms with Gasteiger partial charge >= 0.3 is 5.69 Å². The first-order chi connectivity index (χ1) is 10.6. The summed E-state index contributed by atoms with van der Waals surface area (Å²) < 4.78 is 5.63. The van der Waals surface area contributed by atoms with E-state index in [2.05, 4.69) is 22.7 Å². The second kappa shape index (κ2) is 7.14. The lowest BCUT2D eigenvalue weighted by atomic mass is 10.2. The molecule has 0 saturated heterocycles. The van der Waals surface area contributed by atoms with Crippen molar-refractivity contribution in [3.05, 3.63) is 64.2 Å². The molecule has 0 amide bonds. The van der Waals surface area contributed by atoms with Gasteiger partial charge in [-0.25, -0.2) is 0 Å². The molecule has 0 heterocycles. The lowest BCUT2D eigenvalue weighted by molar-refractivity contribution is -0.385. The monoisotopic (exact) mass is 316 g/mol. The third kappa shape index (κ3) is 4.00. The number of hydrazone groups is 1. The highest BCUT2D eigenvalue weighted by atomic mass is 32.1. The van der Waals surface area contributed by atoms with Crippen LogP contribution in [0.15, 0.2) is 53.6 Å². The highest BCUT2D eigenvalue weighted by Crippen LogP contribution is 2.31. The number of nitrogens with two attached hydrogens (primary N) is 1. The van der Waals surface area contributed by atoms with Crippen molar-refractivity contribution in [1.29, 1.82) is 0 Å². The first-order valence-electron chi connectivity index (χ1n) is 6.16. The molecule has 0 atom stereocenters. The van der Waals surface area contributed by atoms with Gasteiger partial charge in [0.2, 0.25) is 5.75 Å². The van der Waals surface area contributed by atoms with Crippen molar-refractivity contribution in [3.8, 4) is 11.5 Å². The van der Waals surface area contributed by atoms with E-state index in [1.54, 1.807) is 36.4 Å². The van der Waals surface area contributed by atoms with E-state index in [1.807, 2.05) is 0 Å². The number of hydrogen-bond donors (Lipinski definition) is 2. The number of nitro groups is 1. The molecule has 3 N–H and O–H groups in total. The average Bonchev–Trinajstić information content (AvgIpc) is 2.49. The molecule has 7 nitrogen and oxygen atoms in total. The van der Waals surface area contributed by atoms with E-state index in [-0.39, 0.29) is 16.5 Å². The van der Waals surface area contributed by atoms with Gasteiger partial charge < -0.3 is 10.5 Å². The number of rotatable bonds is 5. The fourth-order valence-corrected chi connectivity index (χ4v) is 1.71. The molecule has 0 bridgehead atoms. The first-order valence-corrected chi connectivity index (χ1v) is 6.57. The zero-order valence-electron chi connectivity index (χ0n) is 11.3. The molecule has 8 heteroatoms. The molecule has 0 unspecified atom stereocenters. The van der Waals surface area contributed by atoms with Gasteiger partial charge in [0.15, 0.2) is 5.11 Å². The van der Waals surface area contributed by atoms with E-state index in [9.17, 15) is 10.1 Å². The van der Waals surface area contributed by atoms with Crippen molar-refractivity contribution in [1.82, 2.24) is 5.43 Å². The molecule has 2 aromatic rings. The quantitative estimate of drug-likeness (QED) is 0.380. The maximum Gasteiger partial charge on any atom is 0.311 e. The molecule has 0 aliphatic rings. The van der Waals surface area contributed by atoms with Crippen LogP contribution in [0, 0.1) is 10.1 Å². The van der Waals surface area contributed by atoms with E-state index in [0.717, 1.165) is 0 Å². The molecule has 0 aromatic heterocycles. The van der Waals surface area contributed by atoms with Gasteiger partial charge in [-0.3, -0.25) is 15.5 Å². The SMILES string of the molecule is NC(=S)NN=Cc1ccccc1Oc1ccccc1[N+](=O)[O-]. The lowest BCUT2D eigenvalue weighted by Crippen LogP contribution is -2.24. The van der Waals surface area contributed by atoms with Crippen LogP contribution in [-0.2, 0) is 0 Å². The lowest BCUT2D eigenvalue weighted by Gasteiger charge is -2.08. The topological polar surface area (TPSA) is 103 Å².